The van der Waals surface area contributed by atoms with Crippen molar-refractivity contribution in [2.24, 2.45) is 4.99 Å². The molecular weight excluding hydrogens is 433 g/mol. The Morgan fingerprint density at radius 2 is 2.08 bits per heavy atom. The smallest absolute Gasteiger partial charge is 0.191 e. The first-order valence-electron chi connectivity index (χ1n) is 9.12. The Morgan fingerprint density at radius 1 is 1.29 bits per heavy atom. The van der Waals surface area contributed by atoms with Crippen LogP contribution in [0.4, 0.5) is 0 Å². The fourth-order valence-corrected chi connectivity index (χ4v) is 4.60. The molecule has 0 unspecified atom stereocenters. The average Bonchev–Trinajstić information content (AvgIpc) is 2.60. The van der Waals surface area contributed by atoms with Gasteiger partial charge in [-0.2, -0.15) is 11.8 Å². The van der Waals surface area contributed by atoms with E-state index in [0.29, 0.717) is 4.75 Å². The average molecular weight is 467 g/mol. The predicted octanol–water partition coefficient (Wildman–Crippen LogP) is 3.96. The molecule has 1 aliphatic carbocycles. The van der Waals surface area contributed by atoms with Gasteiger partial charge >= 0.3 is 0 Å². The maximum Gasteiger partial charge on any atom is 0.191 e. The largest absolute Gasteiger partial charge is 0.381 e. The lowest BCUT2D eigenvalue weighted by molar-refractivity contribution is 0.0782. The zero-order chi connectivity index (χ0) is 16.4. The van der Waals surface area contributed by atoms with Crippen molar-refractivity contribution in [2.45, 2.75) is 56.6 Å². The molecule has 1 aliphatic heterocycles. The molecule has 0 saturated carbocycles. The number of aliphatic imine (C=N–C) groups is 1. The van der Waals surface area contributed by atoms with Crippen LogP contribution in [0, 0.1) is 0 Å². The van der Waals surface area contributed by atoms with E-state index in [2.05, 4.69) is 40.4 Å². The van der Waals surface area contributed by atoms with Crippen LogP contribution < -0.4 is 10.6 Å². The van der Waals surface area contributed by atoms with E-state index in [4.69, 9.17) is 4.74 Å². The summed E-state index contributed by atoms with van der Waals surface area (Å²) in [6.45, 7) is 5.95. The maximum absolute atomic E-state index is 5.54. The highest BCUT2D eigenvalue weighted by Gasteiger charge is 2.32. The Morgan fingerprint density at radius 3 is 2.71 bits per heavy atom. The highest BCUT2D eigenvalue weighted by Crippen LogP contribution is 2.34. The van der Waals surface area contributed by atoms with Crippen molar-refractivity contribution < 1.29 is 4.74 Å². The van der Waals surface area contributed by atoms with Gasteiger partial charge in [-0.15, -0.1) is 24.0 Å². The highest BCUT2D eigenvalue weighted by molar-refractivity contribution is 14.0. The maximum atomic E-state index is 5.54. The number of nitrogens with one attached hydrogen (secondary N) is 2. The third-order valence-corrected chi connectivity index (χ3v) is 6.23. The molecule has 0 bridgehead atoms. The van der Waals surface area contributed by atoms with Gasteiger partial charge in [0.25, 0.3) is 0 Å². The summed E-state index contributed by atoms with van der Waals surface area (Å²) in [4.78, 5) is 4.38. The Labute approximate surface area is 169 Å². The lowest BCUT2D eigenvalue weighted by atomic mass is 9.97. The van der Waals surface area contributed by atoms with Gasteiger partial charge in [0.2, 0.25) is 0 Å². The van der Waals surface area contributed by atoms with E-state index in [-0.39, 0.29) is 24.0 Å². The zero-order valence-corrected chi connectivity index (χ0v) is 18.4. The molecule has 0 radical (unpaired) electrons. The van der Waals surface area contributed by atoms with Gasteiger partial charge in [0.15, 0.2) is 5.96 Å². The van der Waals surface area contributed by atoms with Gasteiger partial charge in [-0.1, -0.05) is 18.6 Å². The molecule has 6 heteroatoms. The van der Waals surface area contributed by atoms with E-state index in [0.717, 1.165) is 57.3 Å². The number of nitrogens with zero attached hydrogens (tertiary/aromatic N) is 1. The molecule has 24 heavy (non-hydrogen) atoms. The van der Waals surface area contributed by atoms with Gasteiger partial charge in [-0.3, -0.25) is 4.99 Å². The monoisotopic (exact) mass is 467 g/mol. The van der Waals surface area contributed by atoms with E-state index < -0.39 is 0 Å². The SMILES string of the molecule is CCSC1(CNC(=NC)NCCC2=CCCCC2)CCOCC1.I. The fraction of sp³-hybridized carbons (Fsp3) is 0.833. The van der Waals surface area contributed by atoms with Gasteiger partial charge in [0.1, 0.15) is 0 Å². The van der Waals surface area contributed by atoms with Crippen molar-refractivity contribution in [3.8, 4) is 0 Å². The fourth-order valence-electron chi connectivity index (χ4n) is 3.36. The van der Waals surface area contributed by atoms with Gasteiger partial charge in [-0.05, 0) is 50.7 Å². The summed E-state index contributed by atoms with van der Waals surface area (Å²) < 4.78 is 5.85. The summed E-state index contributed by atoms with van der Waals surface area (Å²) in [6.07, 6.45) is 11.1. The van der Waals surface area contributed by atoms with Crippen molar-refractivity contribution in [2.75, 3.05) is 39.1 Å². The van der Waals surface area contributed by atoms with Gasteiger partial charge in [0, 0.05) is 38.1 Å². The number of hydrogen-bond donors (Lipinski definition) is 2. The third kappa shape index (κ3) is 7.52. The lowest BCUT2D eigenvalue weighted by Gasteiger charge is -2.37. The minimum atomic E-state index is 0. The van der Waals surface area contributed by atoms with Crippen LogP contribution in [0.25, 0.3) is 0 Å². The molecule has 0 aromatic rings. The van der Waals surface area contributed by atoms with Crippen LogP contribution in [-0.4, -0.2) is 49.8 Å². The van der Waals surface area contributed by atoms with Gasteiger partial charge < -0.3 is 15.4 Å². The minimum absolute atomic E-state index is 0. The van der Waals surface area contributed by atoms with E-state index in [1.807, 2.05) is 7.05 Å². The molecule has 0 aromatic carbocycles. The quantitative estimate of drug-likeness (QED) is 0.258. The van der Waals surface area contributed by atoms with Crippen molar-refractivity contribution in [1.82, 2.24) is 10.6 Å². The topological polar surface area (TPSA) is 45.7 Å². The second-order valence-electron chi connectivity index (χ2n) is 6.44. The van der Waals surface area contributed by atoms with E-state index in [1.54, 1.807) is 5.57 Å². The normalized spacial score (nSPS) is 20.8. The minimum Gasteiger partial charge on any atom is -0.381 e. The summed E-state index contributed by atoms with van der Waals surface area (Å²) in [7, 11) is 1.86. The van der Waals surface area contributed by atoms with Crippen LogP contribution in [0.15, 0.2) is 16.6 Å². The third-order valence-electron chi connectivity index (χ3n) is 4.78. The number of thioether (sulfide) groups is 1. The van der Waals surface area contributed by atoms with E-state index in [9.17, 15) is 0 Å². The van der Waals surface area contributed by atoms with Crippen molar-refractivity contribution >= 4 is 41.7 Å². The molecule has 4 nitrogen and oxygen atoms in total. The molecule has 140 valence electrons. The van der Waals surface area contributed by atoms with Crippen LogP contribution in [0.2, 0.25) is 0 Å². The number of ether oxygens (including phenoxy) is 1. The second-order valence-corrected chi connectivity index (χ2v) is 8.17. The number of rotatable bonds is 7. The summed E-state index contributed by atoms with van der Waals surface area (Å²) in [5.74, 6) is 2.09. The summed E-state index contributed by atoms with van der Waals surface area (Å²) in [5, 5.41) is 7.02. The van der Waals surface area contributed by atoms with Crippen molar-refractivity contribution in [3.63, 3.8) is 0 Å². The summed E-state index contributed by atoms with van der Waals surface area (Å²) in [5.41, 5.74) is 1.61. The molecule has 0 aromatic heterocycles. The molecule has 1 heterocycles. The molecule has 2 N–H and O–H groups in total. The molecule has 1 saturated heterocycles. The Bertz CT molecular complexity index is 404. The van der Waals surface area contributed by atoms with Crippen molar-refractivity contribution in [3.05, 3.63) is 11.6 Å². The standard InChI is InChI=1S/C18H33N3OS.HI/c1-3-23-18(10-13-22-14-11-18)15-21-17(19-2)20-12-9-16-7-5-4-6-8-16;/h7H,3-6,8-15H2,1-2H3,(H2,19,20,21);1H. The van der Waals surface area contributed by atoms with Crippen LogP contribution in [0.3, 0.4) is 0 Å². The number of guanidine groups is 1. The van der Waals surface area contributed by atoms with Crippen LogP contribution in [0.1, 0.15) is 51.9 Å². The number of halogens is 1. The van der Waals surface area contributed by atoms with Crippen LogP contribution >= 0.6 is 35.7 Å². The molecular formula is C18H34IN3OS. The summed E-state index contributed by atoms with van der Waals surface area (Å²) >= 11 is 2.06. The Balaban J connectivity index is 0.00000288. The number of hydrogen-bond acceptors (Lipinski definition) is 3. The summed E-state index contributed by atoms with van der Waals surface area (Å²) in [6, 6.07) is 0. The van der Waals surface area contributed by atoms with E-state index in [1.165, 1.54) is 25.7 Å². The van der Waals surface area contributed by atoms with Crippen LogP contribution in [0.5, 0.6) is 0 Å². The molecule has 2 aliphatic rings. The number of allylic oxidation sites excluding steroid dienone is 1. The highest BCUT2D eigenvalue weighted by atomic mass is 127. The van der Waals surface area contributed by atoms with Gasteiger partial charge in [0.05, 0.1) is 0 Å². The lowest BCUT2D eigenvalue weighted by Crippen LogP contribution is -2.48. The van der Waals surface area contributed by atoms with E-state index >= 15 is 0 Å². The predicted molar refractivity (Wildman–Crippen MR) is 117 cm³/mol. The molecule has 0 amide bonds. The molecule has 0 atom stereocenters. The Hall–Kier alpha value is 0.0500. The van der Waals surface area contributed by atoms with Gasteiger partial charge in [-0.25, -0.2) is 0 Å². The molecule has 1 fully saturated rings. The second kappa shape index (κ2) is 12.4. The molecule has 0 spiro atoms. The first-order chi connectivity index (χ1) is 11.3. The first kappa shape index (κ1) is 22.1. The first-order valence-corrected chi connectivity index (χ1v) is 10.1. The zero-order valence-electron chi connectivity index (χ0n) is 15.2. The molecule has 2 rings (SSSR count). The Kier molecular flexibility index (Phi) is 11.4. The van der Waals surface area contributed by atoms with Crippen molar-refractivity contribution in [1.29, 1.82) is 0 Å². The van der Waals surface area contributed by atoms with Crippen LogP contribution in [-0.2, 0) is 4.74 Å².